The van der Waals surface area contributed by atoms with E-state index in [-0.39, 0.29) is 5.97 Å². The molecule has 86 valence electrons. The van der Waals surface area contributed by atoms with Gasteiger partial charge < -0.3 is 10.1 Å². The van der Waals surface area contributed by atoms with E-state index < -0.39 is 0 Å². The maximum atomic E-state index is 10.9. The highest BCUT2D eigenvalue weighted by atomic mass is 16.5. The lowest BCUT2D eigenvalue weighted by molar-refractivity contribution is -0.139. The standard InChI is InChI=1S/C11H19NO3/c1-10(2)11(14)15-8-6-4-3-5-7-12-9-13/h9H,1,3-8H2,2H3,(H,12,13). The van der Waals surface area contributed by atoms with Gasteiger partial charge in [-0.3, -0.25) is 4.79 Å². The van der Waals surface area contributed by atoms with Gasteiger partial charge in [0.25, 0.3) is 0 Å². The second-order valence-corrected chi connectivity index (χ2v) is 3.40. The highest BCUT2D eigenvalue weighted by Crippen LogP contribution is 2.00. The predicted molar refractivity (Wildman–Crippen MR) is 58.3 cm³/mol. The van der Waals surface area contributed by atoms with Gasteiger partial charge in [-0.15, -0.1) is 0 Å². The quantitative estimate of drug-likeness (QED) is 0.273. The fourth-order valence-corrected chi connectivity index (χ4v) is 1.03. The fourth-order valence-electron chi connectivity index (χ4n) is 1.03. The Balaban J connectivity index is 3.14. The molecule has 1 N–H and O–H groups in total. The molecule has 0 atom stereocenters. The number of esters is 1. The first-order chi connectivity index (χ1) is 7.18. The topological polar surface area (TPSA) is 55.4 Å². The molecule has 1 amide bonds. The summed E-state index contributed by atoms with van der Waals surface area (Å²) < 4.78 is 4.92. The SMILES string of the molecule is C=C(C)C(=O)OCCCCCCNC=O. The third-order valence-electron chi connectivity index (χ3n) is 1.88. The van der Waals surface area contributed by atoms with Crippen molar-refractivity contribution in [2.75, 3.05) is 13.2 Å². The maximum absolute atomic E-state index is 10.9. The van der Waals surface area contributed by atoms with Crippen LogP contribution in [0.1, 0.15) is 32.6 Å². The summed E-state index contributed by atoms with van der Waals surface area (Å²) >= 11 is 0. The van der Waals surface area contributed by atoms with E-state index in [0.717, 1.165) is 32.2 Å². The zero-order valence-electron chi connectivity index (χ0n) is 9.25. The summed E-state index contributed by atoms with van der Waals surface area (Å²) in [5.74, 6) is -0.322. The number of nitrogens with one attached hydrogen (secondary N) is 1. The Morgan fingerprint density at radius 3 is 2.60 bits per heavy atom. The molecule has 0 bridgehead atoms. The van der Waals surface area contributed by atoms with E-state index in [0.29, 0.717) is 18.6 Å². The molecule has 0 saturated carbocycles. The van der Waals surface area contributed by atoms with Gasteiger partial charge in [-0.1, -0.05) is 13.0 Å². The van der Waals surface area contributed by atoms with Crippen LogP contribution in [-0.4, -0.2) is 25.5 Å². The van der Waals surface area contributed by atoms with E-state index in [2.05, 4.69) is 11.9 Å². The summed E-state index contributed by atoms with van der Waals surface area (Å²) in [6.07, 6.45) is 4.57. The first kappa shape index (κ1) is 13.7. The van der Waals surface area contributed by atoms with Crippen molar-refractivity contribution < 1.29 is 14.3 Å². The molecule has 4 heteroatoms. The lowest BCUT2D eigenvalue weighted by atomic mass is 10.2. The molecular formula is C11H19NO3. The van der Waals surface area contributed by atoms with Gasteiger partial charge in [0.15, 0.2) is 0 Å². The average Bonchev–Trinajstić information content (AvgIpc) is 2.21. The summed E-state index contributed by atoms with van der Waals surface area (Å²) in [4.78, 5) is 20.8. The summed E-state index contributed by atoms with van der Waals surface area (Å²) in [6.45, 7) is 6.29. The Hall–Kier alpha value is -1.32. The Morgan fingerprint density at radius 2 is 2.00 bits per heavy atom. The van der Waals surface area contributed by atoms with Crippen molar-refractivity contribution in [2.45, 2.75) is 32.6 Å². The third-order valence-corrected chi connectivity index (χ3v) is 1.88. The van der Waals surface area contributed by atoms with E-state index in [4.69, 9.17) is 4.74 Å². The molecule has 4 nitrogen and oxygen atoms in total. The number of carbonyl (C=O) groups is 2. The van der Waals surface area contributed by atoms with Crippen LogP contribution in [0.25, 0.3) is 0 Å². The zero-order chi connectivity index (χ0) is 11.5. The van der Waals surface area contributed by atoms with E-state index in [1.807, 2.05) is 0 Å². The molecule has 0 aliphatic rings. The first-order valence-electron chi connectivity index (χ1n) is 5.18. The van der Waals surface area contributed by atoms with Crippen LogP contribution < -0.4 is 5.32 Å². The number of unbranched alkanes of at least 4 members (excludes halogenated alkanes) is 3. The zero-order valence-corrected chi connectivity index (χ0v) is 9.25. The first-order valence-corrected chi connectivity index (χ1v) is 5.18. The van der Waals surface area contributed by atoms with E-state index in [1.54, 1.807) is 6.92 Å². The van der Waals surface area contributed by atoms with Crippen LogP contribution in [-0.2, 0) is 14.3 Å². The summed E-state index contributed by atoms with van der Waals surface area (Å²) in [7, 11) is 0. The van der Waals surface area contributed by atoms with Crippen LogP contribution in [0.5, 0.6) is 0 Å². The molecule has 0 heterocycles. The summed E-state index contributed by atoms with van der Waals surface area (Å²) in [6, 6.07) is 0. The van der Waals surface area contributed by atoms with Gasteiger partial charge in [-0.2, -0.15) is 0 Å². The second-order valence-electron chi connectivity index (χ2n) is 3.40. The van der Waals surface area contributed by atoms with Crippen LogP contribution in [0.2, 0.25) is 0 Å². The molecule has 0 rings (SSSR count). The summed E-state index contributed by atoms with van der Waals surface area (Å²) in [5.41, 5.74) is 0.435. The second kappa shape index (κ2) is 9.24. The monoisotopic (exact) mass is 213 g/mol. The number of amides is 1. The lowest BCUT2D eigenvalue weighted by Gasteiger charge is -2.03. The Kier molecular flexibility index (Phi) is 8.43. The molecule has 0 aliphatic heterocycles. The minimum absolute atomic E-state index is 0.322. The molecule has 0 fully saturated rings. The number of rotatable bonds is 9. The smallest absolute Gasteiger partial charge is 0.333 e. The number of hydrogen-bond acceptors (Lipinski definition) is 3. The van der Waals surface area contributed by atoms with Gasteiger partial charge in [0.05, 0.1) is 6.61 Å². The van der Waals surface area contributed by atoms with Gasteiger partial charge in [0.1, 0.15) is 0 Å². The molecule has 0 aromatic heterocycles. The Bertz CT molecular complexity index is 214. The molecule has 0 unspecified atom stereocenters. The van der Waals surface area contributed by atoms with Crippen LogP contribution >= 0.6 is 0 Å². The number of carbonyl (C=O) groups excluding carboxylic acids is 2. The summed E-state index contributed by atoms with van der Waals surface area (Å²) in [5, 5.41) is 2.59. The Morgan fingerprint density at radius 1 is 1.33 bits per heavy atom. The van der Waals surface area contributed by atoms with E-state index in [1.165, 1.54) is 0 Å². The third kappa shape index (κ3) is 9.00. The molecule has 0 aliphatic carbocycles. The lowest BCUT2D eigenvalue weighted by Crippen LogP contribution is -2.11. The van der Waals surface area contributed by atoms with E-state index in [9.17, 15) is 9.59 Å². The minimum atomic E-state index is -0.322. The van der Waals surface area contributed by atoms with Gasteiger partial charge in [0, 0.05) is 12.1 Å². The van der Waals surface area contributed by atoms with E-state index >= 15 is 0 Å². The predicted octanol–water partition coefficient (Wildman–Crippen LogP) is 1.41. The van der Waals surface area contributed by atoms with Gasteiger partial charge in [0.2, 0.25) is 6.41 Å². The average molecular weight is 213 g/mol. The van der Waals surface area contributed by atoms with Crippen molar-refractivity contribution >= 4 is 12.4 Å². The van der Waals surface area contributed by atoms with Crippen molar-refractivity contribution in [3.8, 4) is 0 Å². The molecule has 0 aromatic carbocycles. The number of ether oxygens (including phenoxy) is 1. The molecule has 0 radical (unpaired) electrons. The minimum Gasteiger partial charge on any atom is -0.462 e. The molecule has 0 spiro atoms. The molecular weight excluding hydrogens is 194 g/mol. The van der Waals surface area contributed by atoms with Crippen LogP contribution in [0.15, 0.2) is 12.2 Å². The van der Waals surface area contributed by atoms with Crippen LogP contribution in [0, 0.1) is 0 Å². The van der Waals surface area contributed by atoms with Gasteiger partial charge in [-0.05, 0) is 26.2 Å². The van der Waals surface area contributed by atoms with Crippen LogP contribution in [0.3, 0.4) is 0 Å². The van der Waals surface area contributed by atoms with Crippen LogP contribution in [0.4, 0.5) is 0 Å². The van der Waals surface area contributed by atoms with Crippen molar-refractivity contribution in [3.63, 3.8) is 0 Å². The van der Waals surface area contributed by atoms with Crippen molar-refractivity contribution in [3.05, 3.63) is 12.2 Å². The van der Waals surface area contributed by atoms with Crippen molar-refractivity contribution in [2.24, 2.45) is 0 Å². The maximum Gasteiger partial charge on any atom is 0.333 e. The van der Waals surface area contributed by atoms with Crippen molar-refractivity contribution in [1.29, 1.82) is 0 Å². The van der Waals surface area contributed by atoms with Gasteiger partial charge >= 0.3 is 5.97 Å². The normalized spacial score (nSPS) is 9.40. The highest BCUT2D eigenvalue weighted by Gasteiger charge is 2.01. The van der Waals surface area contributed by atoms with Crippen molar-refractivity contribution in [1.82, 2.24) is 5.32 Å². The van der Waals surface area contributed by atoms with Gasteiger partial charge in [-0.25, -0.2) is 4.79 Å². The number of hydrogen-bond donors (Lipinski definition) is 1. The highest BCUT2D eigenvalue weighted by molar-refractivity contribution is 5.86. The fraction of sp³-hybridized carbons (Fsp3) is 0.636. The largest absolute Gasteiger partial charge is 0.462 e. The Labute approximate surface area is 90.7 Å². The molecule has 0 aromatic rings. The molecule has 0 saturated heterocycles. The molecule has 15 heavy (non-hydrogen) atoms.